The molecule has 1 heterocycles. The van der Waals surface area contributed by atoms with Gasteiger partial charge in [-0.3, -0.25) is 0 Å². The van der Waals surface area contributed by atoms with Crippen LogP contribution < -0.4 is 5.73 Å². The smallest absolute Gasteiger partial charge is 0.222 e. The van der Waals surface area contributed by atoms with Crippen LogP contribution in [-0.2, 0) is 6.42 Å². The first-order valence-electron chi connectivity index (χ1n) is 4.47. The minimum Gasteiger partial charge on any atom is -0.368 e. The molecule has 1 aromatic rings. The molecule has 1 aromatic heterocycles. The Balaban J connectivity index is 1.75. The Bertz CT molecular complexity index is 301. The molecular weight excluding hydrogens is 152 g/mol. The van der Waals surface area contributed by atoms with Gasteiger partial charge in [0.05, 0.1) is 5.69 Å². The van der Waals surface area contributed by atoms with Crippen molar-refractivity contribution in [2.45, 2.75) is 25.7 Å². The third-order valence-electron chi connectivity index (χ3n) is 3.30. The van der Waals surface area contributed by atoms with Gasteiger partial charge in [0.15, 0.2) is 0 Å². The molecule has 3 aliphatic rings. The molecule has 0 aliphatic heterocycles. The van der Waals surface area contributed by atoms with Crippen molar-refractivity contribution in [3.63, 3.8) is 0 Å². The molecule has 3 heteroatoms. The summed E-state index contributed by atoms with van der Waals surface area (Å²) in [6.45, 7) is 0. The van der Waals surface area contributed by atoms with Crippen molar-refractivity contribution < 1.29 is 4.52 Å². The molecule has 3 nitrogen and oxygen atoms in total. The van der Waals surface area contributed by atoms with Gasteiger partial charge in [-0.15, -0.1) is 0 Å². The molecule has 0 amide bonds. The average molecular weight is 164 g/mol. The zero-order chi connectivity index (χ0) is 8.18. The van der Waals surface area contributed by atoms with Crippen molar-refractivity contribution in [3.05, 3.63) is 11.8 Å². The van der Waals surface area contributed by atoms with Crippen molar-refractivity contribution in [2.75, 3.05) is 5.73 Å². The van der Waals surface area contributed by atoms with E-state index in [1.54, 1.807) is 0 Å². The second-order valence-corrected chi connectivity index (χ2v) is 4.38. The molecule has 2 bridgehead atoms. The Labute approximate surface area is 70.9 Å². The molecule has 0 atom stereocenters. The minimum absolute atomic E-state index is 0.441. The number of nitrogens with two attached hydrogens (primary N) is 1. The highest BCUT2D eigenvalue weighted by Gasteiger charge is 2.56. The van der Waals surface area contributed by atoms with Crippen molar-refractivity contribution in [3.8, 4) is 0 Å². The first-order valence-corrected chi connectivity index (χ1v) is 4.47. The highest BCUT2D eigenvalue weighted by molar-refractivity contribution is 5.26. The van der Waals surface area contributed by atoms with Crippen LogP contribution in [0.1, 0.15) is 25.0 Å². The molecule has 3 aliphatic carbocycles. The number of rotatable bonds is 2. The van der Waals surface area contributed by atoms with Gasteiger partial charge in [-0.25, -0.2) is 0 Å². The van der Waals surface area contributed by atoms with E-state index in [-0.39, 0.29) is 0 Å². The van der Waals surface area contributed by atoms with Crippen molar-refractivity contribution >= 4 is 5.88 Å². The zero-order valence-corrected chi connectivity index (χ0v) is 6.92. The molecule has 0 saturated heterocycles. The van der Waals surface area contributed by atoms with E-state index in [0.29, 0.717) is 11.3 Å². The summed E-state index contributed by atoms with van der Waals surface area (Å²) in [6, 6.07) is 1.85. The van der Waals surface area contributed by atoms with Gasteiger partial charge in [0.25, 0.3) is 0 Å². The fraction of sp³-hybridized carbons (Fsp3) is 0.667. The lowest BCUT2D eigenvalue weighted by Crippen LogP contribution is -2.52. The van der Waals surface area contributed by atoms with Crippen molar-refractivity contribution in [2.24, 2.45) is 11.3 Å². The summed E-state index contributed by atoms with van der Waals surface area (Å²) >= 11 is 0. The summed E-state index contributed by atoms with van der Waals surface area (Å²) in [6.07, 6.45) is 5.28. The van der Waals surface area contributed by atoms with Crippen LogP contribution in [0.2, 0.25) is 0 Å². The Morgan fingerprint density at radius 2 is 2.33 bits per heavy atom. The Morgan fingerprint density at radius 1 is 1.58 bits per heavy atom. The monoisotopic (exact) mass is 164 g/mol. The molecule has 0 unspecified atom stereocenters. The second-order valence-electron chi connectivity index (χ2n) is 4.38. The van der Waals surface area contributed by atoms with E-state index < -0.39 is 0 Å². The zero-order valence-electron chi connectivity index (χ0n) is 6.92. The maximum Gasteiger partial charge on any atom is 0.222 e. The minimum atomic E-state index is 0.441. The lowest BCUT2D eigenvalue weighted by atomic mass is 9.43. The Kier molecular flexibility index (Phi) is 1.000. The van der Waals surface area contributed by atoms with Gasteiger partial charge in [0.1, 0.15) is 0 Å². The molecule has 3 fully saturated rings. The highest BCUT2D eigenvalue weighted by atomic mass is 16.5. The van der Waals surface area contributed by atoms with Gasteiger partial charge < -0.3 is 10.3 Å². The Morgan fingerprint density at radius 3 is 2.75 bits per heavy atom. The van der Waals surface area contributed by atoms with Crippen LogP contribution in [0.15, 0.2) is 10.6 Å². The summed E-state index contributed by atoms with van der Waals surface area (Å²) in [4.78, 5) is 0. The number of nitrogens with zero attached hydrogens (tertiary/aromatic N) is 1. The molecule has 2 N–H and O–H groups in total. The predicted molar refractivity (Wildman–Crippen MR) is 44.4 cm³/mol. The molecule has 0 spiro atoms. The van der Waals surface area contributed by atoms with Crippen LogP contribution in [0, 0.1) is 11.3 Å². The van der Waals surface area contributed by atoms with Crippen LogP contribution >= 0.6 is 0 Å². The van der Waals surface area contributed by atoms with E-state index >= 15 is 0 Å². The third-order valence-corrected chi connectivity index (χ3v) is 3.30. The second kappa shape index (κ2) is 1.84. The topological polar surface area (TPSA) is 52.0 Å². The standard InChI is InChI=1S/C9H12N2O/c10-8-1-7(11-12-8)5-9-2-6(3-9)4-9/h1,6H,2-5,10H2. The van der Waals surface area contributed by atoms with Crippen LogP contribution in [0.5, 0.6) is 0 Å². The summed E-state index contributed by atoms with van der Waals surface area (Å²) < 4.78 is 4.82. The predicted octanol–water partition coefficient (Wildman–Crippen LogP) is 1.60. The van der Waals surface area contributed by atoms with Crippen molar-refractivity contribution in [1.29, 1.82) is 0 Å². The third kappa shape index (κ3) is 0.737. The van der Waals surface area contributed by atoms with Gasteiger partial charge in [-0.05, 0) is 37.0 Å². The van der Waals surface area contributed by atoms with E-state index in [4.69, 9.17) is 10.3 Å². The summed E-state index contributed by atoms with van der Waals surface area (Å²) in [5.74, 6) is 1.48. The van der Waals surface area contributed by atoms with Gasteiger partial charge in [-0.2, -0.15) is 0 Å². The van der Waals surface area contributed by atoms with Gasteiger partial charge >= 0.3 is 0 Å². The molecule has 4 rings (SSSR count). The number of hydrogen-bond acceptors (Lipinski definition) is 3. The molecule has 0 aromatic carbocycles. The number of hydrogen-bond donors (Lipinski definition) is 1. The highest BCUT2D eigenvalue weighted by Crippen LogP contribution is 2.65. The van der Waals surface area contributed by atoms with Crippen LogP contribution in [0.25, 0.3) is 0 Å². The van der Waals surface area contributed by atoms with E-state index in [1.807, 2.05) is 6.07 Å². The lowest BCUT2D eigenvalue weighted by molar-refractivity contribution is -0.106. The summed E-state index contributed by atoms with van der Waals surface area (Å²) in [5, 5.41) is 3.91. The molecule has 12 heavy (non-hydrogen) atoms. The largest absolute Gasteiger partial charge is 0.368 e. The fourth-order valence-electron chi connectivity index (χ4n) is 2.67. The van der Waals surface area contributed by atoms with Gasteiger partial charge in [-0.1, -0.05) is 5.16 Å². The van der Waals surface area contributed by atoms with Gasteiger partial charge in [0.2, 0.25) is 5.88 Å². The molecular formula is C9H12N2O. The van der Waals surface area contributed by atoms with Crippen molar-refractivity contribution in [1.82, 2.24) is 5.16 Å². The van der Waals surface area contributed by atoms with E-state index in [1.165, 1.54) is 19.3 Å². The molecule has 3 saturated carbocycles. The fourth-order valence-corrected chi connectivity index (χ4v) is 2.67. The van der Waals surface area contributed by atoms with Crippen LogP contribution in [-0.4, -0.2) is 5.16 Å². The quantitative estimate of drug-likeness (QED) is 0.722. The maximum atomic E-state index is 5.44. The van der Waals surface area contributed by atoms with Crippen LogP contribution in [0.4, 0.5) is 5.88 Å². The first-order chi connectivity index (χ1) is 5.76. The SMILES string of the molecule is Nc1cc(CC23CC(C2)C3)no1. The maximum absolute atomic E-state index is 5.44. The Hall–Kier alpha value is -0.990. The lowest BCUT2D eigenvalue weighted by Gasteiger charge is -2.62. The summed E-state index contributed by atoms with van der Waals surface area (Å²) in [5.41, 5.74) is 7.08. The number of nitrogen functional groups attached to an aromatic ring is 1. The molecule has 0 radical (unpaired) electrons. The van der Waals surface area contributed by atoms with Crippen LogP contribution in [0.3, 0.4) is 0 Å². The van der Waals surface area contributed by atoms with E-state index in [9.17, 15) is 0 Å². The average Bonchev–Trinajstić information content (AvgIpc) is 2.23. The number of aromatic nitrogens is 1. The number of anilines is 1. The van der Waals surface area contributed by atoms with E-state index in [0.717, 1.165) is 18.0 Å². The van der Waals surface area contributed by atoms with E-state index in [2.05, 4.69) is 5.16 Å². The normalized spacial score (nSPS) is 37.2. The molecule has 64 valence electrons. The first kappa shape index (κ1) is 6.52. The van der Waals surface area contributed by atoms with Gasteiger partial charge in [0, 0.05) is 6.07 Å². The summed E-state index contributed by atoms with van der Waals surface area (Å²) in [7, 11) is 0.